The summed E-state index contributed by atoms with van der Waals surface area (Å²) >= 11 is 12.3. The zero-order valence-electron chi connectivity index (χ0n) is 19.3. The minimum Gasteiger partial charge on any atom is -0.377 e. The van der Waals surface area contributed by atoms with Crippen molar-refractivity contribution in [2.75, 3.05) is 23.7 Å². The molecule has 2 aromatic carbocycles. The molecule has 9 heteroatoms. The van der Waals surface area contributed by atoms with Crippen LogP contribution < -0.4 is 16.2 Å². The van der Waals surface area contributed by atoms with Gasteiger partial charge in [-0.15, -0.1) is 0 Å². The summed E-state index contributed by atoms with van der Waals surface area (Å²) in [6.45, 7) is 4.74. The molecule has 1 aliphatic rings. The Labute approximate surface area is 213 Å². The first-order valence-electron chi connectivity index (χ1n) is 11.6. The number of halogens is 3. The first-order chi connectivity index (χ1) is 16.8. The number of likely N-dealkylation sites (tertiary alicyclic amines) is 1. The third-order valence-electron chi connectivity index (χ3n) is 6.08. The van der Waals surface area contributed by atoms with Gasteiger partial charge in [0.05, 0.1) is 16.8 Å². The van der Waals surface area contributed by atoms with E-state index in [2.05, 4.69) is 20.5 Å². The number of carbonyl (C=O) groups excluding carboxylic acids is 1. The molecule has 3 N–H and O–H groups in total. The van der Waals surface area contributed by atoms with Crippen LogP contribution in [0.1, 0.15) is 53.7 Å². The molecule has 2 heterocycles. The first-order valence-corrected chi connectivity index (χ1v) is 12.3. The molecule has 35 heavy (non-hydrogen) atoms. The molecule has 3 aromatic rings. The van der Waals surface area contributed by atoms with E-state index in [1.807, 2.05) is 18.2 Å². The van der Waals surface area contributed by atoms with E-state index in [9.17, 15) is 14.0 Å². The van der Waals surface area contributed by atoms with Gasteiger partial charge in [-0.3, -0.25) is 14.5 Å². The van der Waals surface area contributed by atoms with Crippen LogP contribution in [0.25, 0.3) is 0 Å². The maximum atomic E-state index is 13.9. The van der Waals surface area contributed by atoms with Crippen molar-refractivity contribution in [2.45, 2.75) is 38.8 Å². The molecule has 6 nitrogen and oxygen atoms in total. The lowest BCUT2D eigenvalue weighted by molar-refractivity contribution is 0.102. The summed E-state index contributed by atoms with van der Waals surface area (Å²) in [4.78, 5) is 30.3. The van der Waals surface area contributed by atoms with Crippen LogP contribution in [0.3, 0.4) is 0 Å². The van der Waals surface area contributed by atoms with Crippen LogP contribution in [-0.4, -0.2) is 28.9 Å². The maximum Gasteiger partial charge on any atom is 0.261 e. The van der Waals surface area contributed by atoms with E-state index < -0.39 is 23.3 Å². The van der Waals surface area contributed by atoms with Crippen LogP contribution in [0.15, 0.2) is 53.5 Å². The average Bonchev–Trinajstić information content (AvgIpc) is 2.84. The highest BCUT2D eigenvalue weighted by Gasteiger charge is 2.19. The van der Waals surface area contributed by atoms with Crippen LogP contribution in [0.2, 0.25) is 10.0 Å². The van der Waals surface area contributed by atoms with Crippen molar-refractivity contribution in [3.63, 3.8) is 0 Å². The molecule has 1 atom stereocenters. The summed E-state index contributed by atoms with van der Waals surface area (Å²) in [6, 6.07) is 11.2. The minimum absolute atomic E-state index is 0.0555. The normalized spacial score (nSPS) is 15.0. The highest BCUT2D eigenvalue weighted by Crippen LogP contribution is 2.34. The third-order valence-corrected chi connectivity index (χ3v) is 6.80. The van der Waals surface area contributed by atoms with Gasteiger partial charge in [-0.1, -0.05) is 41.8 Å². The fourth-order valence-electron chi connectivity index (χ4n) is 4.32. The predicted molar refractivity (Wildman–Crippen MR) is 139 cm³/mol. The molecule has 1 saturated heterocycles. The standard InChI is InChI=1S/C26H27Cl2FN4O2/c1-16(23-21(27)8-9-22(29)24(23)28)31-19-13-20(25(34)30-14-19)26(35)32-18-7-5-6-17(12-18)15-33-10-3-2-4-11-33/h5-9,12-14,16,31H,2-4,10-11,15H2,1H3,(H,30,34)(H,32,35)/t16-/m1/s1. The van der Waals surface area contributed by atoms with Crippen LogP contribution in [0.4, 0.5) is 15.8 Å². The summed E-state index contributed by atoms with van der Waals surface area (Å²) in [5.74, 6) is -1.11. The van der Waals surface area contributed by atoms with Gasteiger partial charge in [0.15, 0.2) is 0 Å². The number of benzene rings is 2. The zero-order chi connectivity index (χ0) is 24.9. The minimum atomic E-state index is -0.580. The second-order valence-electron chi connectivity index (χ2n) is 8.75. The van der Waals surface area contributed by atoms with Crippen molar-refractivity contribution in [1.29, 1.82) is 0 Å². The molecule has 4 rings (SSSR count). The summed E-state index contributed by atoms with van der Waals surface area (Å²) in [6.07, 6.45) is 5.13. The van der Waals surface area contributed by atoms with E-state index in [0.717, 1.165) is 25.2 Å². The summed E-state index contributed by atoms with van der Waals surface area (Å²) in [5, 5.41) is 6.16. The highest BCUT2D eigenvalue weighted by molar-refractivity contribution is 6.36. The summed E-state index contributed by atoms with van der Waals surface area (Å²) < 4.78 is 13.9. The molecule has 0 unspecified atom stereocenters. The van der Waals surface area contributed by atoms with Gasteiger partial charge in [-0.25, -0.2) is 4.39 Å². The number of aromatic nitrogens is 1. The largest absolute Gasteiger partial charge is 0.377 e. The molecule has 1 fully saturated rings. The van der Waals surface area contributed by atoms with Gasteiger partial charge >= 0.3 is 0 Å². The number of nitrogens with one attached hydrogen (secondary N) is 3. The highest BCUT2D eigenvalue weighted by atomic mass is 35.5. The molecule has 184 valence electrons. The molecule has 0 aliphatic carbocycles. The van der Waals surface area contributed by atoms with Gasteiger partial charge < -0.3 is 15.6 Å². The van der Waals surface area contributed by atoms with E-state index in [4.69, 9.17) is 23.2 Å². The Hall–Kier alpha value is -2.87. The second kappa shape index (κ2) is 11.2. The van der Waals surface area contributed by atoms with Crippen molar-refractivity contribution in [2.24, 2.45) is 0 Å². The number of piperidine rings is 1. The van der Waals surface area contributed by atoms with Gasteiger partial charge in [0.25, 0.3) is 11.5 Å². The monoisotopic (exact) mass is 516 g/mol. The Balaban J connectivity index is 1.48. The number of pyridine rings is 1. The zero-order valence-corrected chi connectivity index (χ0v) is 20.8. The number of amides is 1. The molecule has 1 amide bonds. The van der Waals surface area contributed by atoms with Gasteiger partial charge in [0.2, 0.25) is 0 Å². The van der Waals surface area contributed by atoms with Crippen LogP contribution in [0, 0.1) is 5.82 Å². The van der Waals surface area contributed by atoms with E-state index >= 15 is 0 Å². The summed E-state index contributed by atoms with van der Waals surface area (Å²) in [7, 11) is 0. The first kappa shape index (κ1) is 25.2. The van der Waals surface area contributed by atoms with E-state index in [1.54, 1.807) is 13.0 Å². The number of anilines is 2. The quantitative estimate of drug-likeness (QED) is 0.325. The van der Waals surface area contributed by atoms with E-state index in [0.29, 0.717) is 22.0 Å². The Morgan fingerprint density at radius 3 is 2.66 bits per heavy atom. The van der Waals surface area contributed by atoms with E-state index in [1.165, 1.54) is 43.7 Å². The van der Waals surface area contributed by atoms with Gasteiger partial charge in [-0.2, -0.15) is 0 Å². The average molecular weight is 517 g/mol. The van der Waals surface area contributed by atoms with Crippen LogP contribution in [0.5, 0.6) is 0 Å². The lowest BCUT2D eigenvalue weighted by atomic mass is 10.1. The van der Waals surface area contributed by atoms with Crippen molar-refractivity contribution in [3.8, 4) is 0 Å². The second-order valence-corrected chi connectivity index (χ2v) is 9.53. The number of nitrogens with zero attached hydrogens (tertiary/aromatic N) is 1. The maximum absolute atomic E-state index is 13.9. The number of hydrogen-bond acceptors (Lipinski definition) is 4. The van der Waals surface area contributed by atoms with Gasteiger partial charge in [0, 0.05) is 29.0 Å². The topological polar surface area (TPSA) is 77.2 Å². The van der Waals surface area contributed by atoms with Crippen molar-refractivity contribution in [1.82, 2.24) is 9.88 Å². The molecule has 0 radical (unpaired) electrons. The number of H-pyrrole nitrogens is 1. The van der Waals surface area contributed by atoms with Gasteiger partial charge in [0.1, 0.15) is 11.4 Å². The smallest absolute Gasteiger partial charge is 0.261 e. The molecule has 1 aromatic heterocycles. The number of rotatable bonds is 7. The number of carbonyl (C=O) groups is 1. The lowest BCUT2D eigenvalue weighted by Gasteiger charge is -2.26. The number of hydrogen-bond donors (Lipinski definition) is 3. The number of aromatic amines is 1. The van der Waals surface area contributed by atoms with Crippen molar-refractivity contribution in [3.05, 3.63) is 91.6 Å². The van der Waals surface area contributed by atoms with Crippen molar-refractivity contribution < 1.29 is 9.18 Å². The van der Waals surface area contributed by atoms with E-state index in [-0.39, 0.29) is 10.6 Å². The van der Waals surface area contributed by atoms with Crippen molar-refractivity contribution >= 4 is 40.5 Å². The molecule has 0 saturated carbocycles. The third kappa shape index (κ3) is 6.23. The van der Waals surface area contributed by atoms with Crippen LogP contribution >= 0.6 is 23.2 Å². The molecular formula is C26H27Cl2FN4O2. The van der Waals surface area contributed by atoms with Crippen LogP contribution in [-0.2, 0) is 6.54 Å². The Morgan fingerprint density at radius 1 is 1.11 bits per heavy atom. The Morgan fingerprint density at radius 2 is 1.89 bits per heavy atom. The molecule has 1 aliphatic heterocycles. The summed E-state index contributed by atoms with van der Waals surface area (Å²) in [5.41, 5.74) is 1.99. The SMILES string of the molecule is C[C@@H](Nc1c[nH]c(=O)c(C(=O)Nc2cccc(CN3CCCCC3)c2)c1)c1c(Cl)ccc(F)c1Cl. The fourth-order valence-corrected chi connectivity index (χ4v) is 5.02. The van der Waals surface area contributed by atoms with Gasteiger partial charge in [-0.05, 0) is 68.8 Å². The predicted octanol–water partition coefficient (Wildman–Crippen LogP) is 6.23. The fraction of sp³-hybridized carbons (Fsp3) is 0.308. The molecular weight excluding hydrogens is 490 g/mol. The Kier molecular flexibility index (Phi) is 8.11. The molecule has 0 spiro atoms. The molecule has 0 bridgehead atoms. The Bertz CT molecular complexity index is 1270. The lowest BCUT2D eigenvalue weighted by Crippen LogP contribution is -2.29.